The van der Waals surface area contributed by atoms with Gasteiger partial charge in [0, 0.05) is 18.5 Å². The number of nitrogens with zero attached hydrogens (tertiary/aromatic N) is 2. The summed E-state index contributed by atoms with van der Waals surface area (Å²) in [5.74, 6) is -0.126. The third kappa shape index (κ3) is 3.82. The SMILES string of the molecule is Cc1ccc2[nH]nc(C(=O)NCC(C)(C)CN(C)C)c2c1. The molecule has 0 bridgehead atoms. The third-order valence-electron chi connectivity index (χ3n) is 3.41. The number of rotatable bonds is 5. The number of benzene rings is 1. The van der Waals surface area contributed by atoms with Gasteiger partial charge in [0.15, 0.2) is 5.69 Å². The highest BCUT2D eigenvalue weighted by Gasteiger charge is 2.21. The van der Waals surface area contributed by atoms with E-state index in [-0.39, 0.29) is 11.3 Å². The second-order valence-electron chi connectivity index (χ2n) is 6.71. The van der Waals surface area contributed by atoms with Crippen molar-refractivity contribution in [3.05, 3.63) is 29.5 Å². The number of nitrogens with one attached hydrogen (secondary N) is 2. The van der Waals surface area contributed by atoms with Crippen molar-refractivity contribution in [3.63, 3.8) is 0 Å². The molecular formula is C16H24N4O. The molecule has 1 aromatic carbocycles. The van der Waals surface area contributed by atoms with E-state index in [2.05, 4.69) is 34.3 Å². The lowest BCUT2D eigenvalue weighted by Crippen LogP contribution is -2.40. The van der Waals surface area contributed by atoms with Gasteiger partial charge in [-0.25, -0.2) is 0 Å². The Balaban J connectivity index is 2.11. The van der Waals surface area contributed by atoms with Crippen LogP contribution in [0.15, 0.2) is 18.2 Å². The van der Waals surface area contributed by atoms with Crippen LogP contribution in [0.5, 0.6) is 0 Å². The Labute approximate surface area is 125 Å². The number of aryl methyl sites for hydroxylation is 1. The van der Waals surface area contributed by atoms with Gasteiger partial charge in [-0.3, -0.25) is 9.89 Å². The number of hydrogen-bond donors (Lipinski definition) is 2. The minimum Gasteiger partial charge on any atom is -0.350 e. The highest BCUT2D eigenvalue weighted by molar-refractivity contribution is 6.04. The van der Waals surface area contributed by atoms with Crippen LogP contribution in [0, 0.1) is 12.3 Å². The number of hydrogen-bond acceptors (Lipinski definition) is 3. The topological polar surface area (TPSA) is 61.0 Å². The van der Waals surface area contributed by atoms with Crippen LogP contribution in [0.2, 0.25) is 0 Å². The van der Waals surface area contributed by atoms with Crippen LogP contribution < -0.4 is 5.32 Å². The highest BCUT2D eigenvalue weighted by Crippen LogP contribution is 2.18. The first-order valence-electron chi connectivity index (χ1n) is 7.16. The lowest BCUT2D eigenvalue weighted by Gasteiger charge is -2.28. The first kappa shape index (κ1) is 15.5. The van der Waals surface area contributed by atoms with Crippen LogP contribution in [0.1, 0.15) is 29.9 Å². The Hall–Kier alpha value is -1.88. The van der Waals surface area contributed by atoms with Gasteiger partial charge >= 0.3 is 0 Å². The van der Waals surface area contributed by atoms with Crippen LogP contribution in [-0.4, -0.2) is 48.2 Å². The fourth-order valence-corrected chi connectivity index (χ4v) is 2.62. The van der Waals surface area contributed by atoms with Crippen LogP contribution >= 0.6 is 0 Å². The first-order chi connectivity index (χ1) is 9.78. The minimum absolute atomic E-state index is 0.0151. The van der Waals surface area contributed by atoms with E-state index in [0.717, 1.165) is 23.0 Å². The van der Waals surface area contributed by atoms with Crippen molar-refractivity contribution in [2.45, 2.75) is 20.8 Å². The van der Waals surface area contributed by atoms with E-state index in [1.54, 1.807) is 0 Å². The summed E-state index contributed by atoms with van der Waals surface area (Å²) in [5, 5.41) is 10.9. The molecule has 1 aromatic heterocycles. The maximum Gasteiger partial charge on any atom is 0.272 e. The molecule has 0 saturated heterocycles. The number of carbonyl (C=O) groups excluding carboxylic acids is 1. The second-order valence-corrected chi connectivity index (χ2v) is 6.71. The zero-order chi connectivity index (χ0) is 15.6. The van der Waals surface area contributed by atoms with E-state index in [1.807, 2.05) is 39.2 Å². The summed E-state index contributed by atoms with van der Waals surface area (Å²) in [6.45, 7) is 7.81. The average Bonchev–Trinajstić information content (AvgIpc) is 2.77. The van der Waals surface area contributed by atoms with Crippen molar-refractivity contribution in [2.24, 2.45) is 5.41 Å². The highest BCUT2D eigenvalue weighted by atomic mass is 16.1. The van der Waals surface area contributed by atoms with Crippen molar-refractivity contribution in [2.75, 3.05) is 27.2 Å². The van der Waals surface area contributed by atoms with Gasteiger partial charge in [0.2, 0.25) is 0 Å². The molecule has 2 N–H and O–H groups in total. The lowest BCUT2D eigenvalue weighted by atomic mass is 9.93. The second kappa shape index (κ2) is 5.85. The largest absolute Gasteiger partial charge is 0.350 e. The predicted molar refractivity (Wildman–Crippen MR) is 85.5 cm³/mol. The lowest BCUT2D eigenvalue weighted by molar-refractivity contribution is 0.0926. The Morgan fingerprint density at radius 1 is 1.38 bits per heavy atom. The molecule has 0 aliphatic rings. The molecule has 5 nitrogen and oxygen atoms in total. The van der Waals surface area contributed by atoms with Gasteiger partial charge in [0.25, 0.3) is 5.91 Å². The fraction of sp³-hybridized carbons (Fsp3) is 0.500. The molecule has 1 heterocycles. The Kier molecular flexibility index (Phi) is 4.32. The Bertz CT molecular complexity index is 643. The third-order valence-corrected chi connectivity index (χ3v) is 3.41. The van der Waals surface area contributed by atoms with Crippen molar-refractivity contribution >= 4 is 16.8 Å². The normalized spacial score (nSPS) is 12.1. The smallest absolute Gasteiger partial charge is 0.272 e. The summed E-state index contributed by atoms with van der Waals surface area (Å²) in [7, 11) is 4.07. The first-order valence-corrected chi connectivity index (χ1v) is 7.16. The predicted octanol–water partition coefficient (Wildman–Crippen LogP) is 2.19. The summed E-state index contributed by atoms with van der Waals surface area (Å²) in [6, 6.07) is 5.94. The van der Waals surface area contributed by atoms with Crippen LogP contribution in [0.25, 0.3) is 10.9 Å². The molecule has 2 rings (SSSR count). The van der Waals surface area contributed by atoms with Crippen molar-refractivity contribution < 1.29 is 4.79 Å². The molecule has 0 atom stereocenters. The summed E-state index contributed by atoms with van der Waals surface area (Å²) >= 11 is 0. The van der Waals surface area contributed by atoms with Crippen molar-refractivity contribution in [1.82, 2.24) is 20.4 Å². The molecule has 0 spiro atoms. The molecule has 0 saturated carbocycles. The summed E-state index contributed by atoms with van der Waals surface area (Å²) < 4.78 is 0. The van der Waals surface area contributed by atoms with Gasteiger partial charge in [-0.1, -0.05) is 25.5 Å². The van der Waals surface area contributed by atoms with Crippen LogP contribution in [-0.2, 0) is 0 Å². The molecule has 2 aromatic rings. The van der Waals surface area contributed by atoms with Crippen LogP contribution in [0.3, 0.4) is 0 Å². The van der Waals surface area contributed by atoms with Crippen molar-refractivity contribution in [3.8, 4) is 0 Å². The van der Waals surface area contributed by atoms with E-state index in [4.69, 9.17) is 0 Å². The minimum atomic E-state index is -0.126. The molecular weight excluding hydrogens is 264 g/mol. The standard InChI is InChI=1S/C16H24N4O/c1-11-6-7-13-12(8-11)14(19-18-13)15(21)17-9-16(2,3)10-20(4)5/h6-8H,9-10H2,1-5H3,(H,17,21)(H,18,19). The van der Waals surface area contributed by atoms with Crippen molar-refractivity contribution in [1.29, 1.82) is 0 Å². The zero-order valence-electron chi connectivity index (χ0n) is 13.4. The van der Waals surface area contributed by atoms with Gasteiger partial charge in [0.1, 0.15) is 0 Å². The summed E-state index contributed by atoms with van der Waals surface area (Å²) in [6.07, 6.45) is 0. The van der Waals surface area contributed by atoms with Gasteiger partial charge in [-0.2, -0.15) is 5.10 Å². The summed E-state index contributed by atoms with van der Waals surface area (Å²) in [5.41, 5.74) is 2.49. The molecule has 0 fully saturated rings. The molecule has 5 heteroatoms. The number of H-pyrrole nitrogens is 1. The van der Waals surface area contributed by atoms with E-state index >= 15 is 0 Å². The zero-order valence-corrected chi connectivity index (χ0v) is 13.4. The number of aromatic amines is 1. The van der Waals surface area contributed by atoms with Gasteiger partial charge in [0.05, 0.1) is 5.52 Å². The molecule has 0 aliphatic heterocycles. The Morgan fingerprint density at radius 3 is 2.76 bits per heavy atom. The van der Waals surface area contributed by atoms with E-state index in [1.165, 1.54) is 0 Å². The van der Waals surface area contributed by atoms with E-state index < -0.39 is 0 Å². The maximum absolute atomic E-state index is 12.4. The molecule has 0 radical (unpaired) electrons. The number of amides is 1. The fourth-order valence-electron chi connectivity index (χ4n) is 2.62. The van der Waals surface area contributed by atoms with Gasteiger partial charge in [-0.15, -0.1) is 0 Å². The van der Waals surface area contributed by atoms with Gasteiger partial charge < -0.3 is 10.2 Å². The molecule has 1 amide bonds. The molecule has 0 aliphatic carbocycles. The molecule has 114 valence electrons. The number of fused-ring (bicyclic) bond motifs is 1. The molecule has 0 unspecified atom stereocenters. The van der Waals surface area contributed by atoms with E-state index in [9.17, 15) is 4.79 Å². The Morgan fingerprint density at radius 2 is 2.10 bits per heavy atom. The number of carbonyl (C=O) groups is 1. The monoisotopic (exact) mass is 288 g/mol. The summed E-state index contributed by atoms with van der Waals surface area (Å²) in [4.78, 5) is 14.5. The quantitative estimate of drug-likeness (QED) is 0.886. The maximum atomic E-state index is 12.4. The van der Waals surface area contributed by atoms with E-state index in [0.29, 0.717) is 12.2 Å². The van der Waals surface area contributed by atoms with Crippen LogP contribution in [0.4, 0.5) is 0 Å². The number of aromatic nitrogens is 2. The average molecular weight is 288 g/mol. The van der Waals surface area contributed by atoms with Gasteiger partial charge in [-0.05, 0) is 38.6 Å². The molecule has 21 heavy (non-hydrogen) atoms.